The molecule has 0 bridgehead atoms. The third-order valence-corrected chi connectivity index (χ3v) is 7.19. The van der Waals surface area contributed by atoms with E-state index in [4.69, 9.17) is 5.73 Å². The Bertz CT molecular complexity index is 1080. The van der Waals surface area contributed by atoms with E-state index < -0.39 is 22.1 Å². The van der Waals surface area contributed by atoms with Crippen LogP contribution < -0.4 is 11.1 Å². The van der Waals surface area contributed by atoms with Gasteiger partial charge >= 0.3 is 6.03 Å². The fourth-order valence-electron chi connectivity index (χ4n) is 3.46. The van der Waals surface area contributed by atoms with Gasteiger partial charge in [-0.2, -0.15) is 4.31 Å². The minimum absolute atomic E-state index is 0.0278. The third-order valence-electron chi connectivity index (χ3n) is 5.13. The van der Waals surface area contributed by atoms with Crippen LogP contribution in [-0.2, 0) is 14.8 Å². The Hall–Kier alpha value is -2.69. The molecule has 1 aliphatic heterocycles. The van der Waals surface area contributed by atoms with Crippen LogP contribution >= 0.6 is 15.9 Å². The van der Waals surface area contributed by atoms with E-state index in [9.17, 15) is 18.0 Å². The number of primary amides is 1. The number of nitrogens with two attached hydrogens (primary N) is 1. The highest BCUT2D eigenvalue weighted by molar-refractivity contribution is 9.10. The number of piperazine rings is 1. The second-order valence-corrected chi connectivity index (χ2v) is 10.1. The summed E-state index contributed by atoms with van der Waals surface area (Å²) >= 11 is 3.38. The largest absolute Gasteiger partial charge is 0.352 e. The SMILES string of the molecule is NC(=O)N[C@H](CC(=O)N1CCN(S(=O)(=O)/C=C/c2ccccc2)CC1)c1cccc(Br)c1. The number of urea groups is 1. The monoisotopic (exact) mass is 520 g/mol. The van der Waals surface area contributed by atoms with Gasteiger partial charge in [0.2, 0.25) is 15.9 Å². The van der Waals surface area contributed by atoms with Crippen LogP contribution in [0.2, 0.25) is 0 Å². The average Bonchev–Trinajstić information content (AvgIpc) is 2.78. The zero-order chi connectivity index (χ0) is 23.1. The molecule has 0 spiro atoms. The summed E-state index contributed by atoms with van der Waals surface area (Å²) in [5, 5.41) is 3.81. The van der Waals surface area contributed by atoms with Crippen LogP contribution in [0.5, 0.6) is 0 Å². The maximum absolute atomic E-state index is 12.9. The minimum atomic E-state index is -3.58. The Morgan fingerprint density at radius 2 is 1.75 bits per heavy atom. The second-order valence-electron chi connectivity index (χ2n) is 7.36. The number of hydrogen-bond donors (Lipinski definition) is 2. The number of hydrogen-bond acceptors (Lipinski definition) is 4. The summed E-state index contributed by atoms with van der Waals surface area (Å²) in [6.07, 6.45) is 1.59. The van der Waals surface area contributed by atoms with Crippen molar-refractivity contribution >= 4 is 44.0 Å². The summed E-state index contributed by atoms with van der Waals surface area (Å²) in [7, 11) is -3.58. The molecule has 10 heteroatoms. The molecule has 3 N–H and O–H groups in total. The van der Waals surface area contributed by atoms with E-state index in [1.54, 1.807) is 11.0 Å². The summed E-state index contributed by atoms with van der Waals surface area (Å²) in [6.45, 7) is 0.966. The Morgan fingerprint density at radius 1 is 1.06 bits per heavy atom. The number of rotatable bonds is 7. The predicted octanol–water partition coefficient (Wildman–Crippen LogP) is 2.69. The van der Waals surface area contributed by atoms with E-state index >= 15 is 0 Å². The summed E-state index contributed by atoms with van der Waals surface area (Å²) < 4.78 is 27.4. The van der Waals surface area contributed by atoms with Gasteiger partial charge in [-0.15, -0.1) is 0 Å². The van der Waals surface area contributed by atoms with Crippen molar-refractivity contribution < 1.29 is 18.0 Å². The van der Waals surface area contributed by atoms with Gasteiger partial charge in [0.1, 0.15) is 0 Å². The molecule has 8 nitrogen and oxygen atoms in total. The molecule has 3 amide bonds. The van der Waals surface area contributed by atoms with Gasteiger partial charge in [-0.3, -0.25) is 4.79 Å². The first-order chi connectivity index (χ1) is 15.2. The van der Waals surface area contributed by atoms with Crippen LogP contribution in [0.1, 0.15) is 23.6 Å². The molecule has 1 aliphatic rings. The first kappa shape index (κ1) is 24.0. The number of sulfonamides is 1. The fourth-order valence-corrected chi connectivity index (χ4v) is 5.05. The van der Waals surface area contributed by atoms with Crippen molar-refractivity contribution in [3.63, 3.8) is 0 Å². The topological polar surface area (TPSA) is 113 Å². The summed E-state index contributed by atoms with van der Waals surface area (Å²) in [6, 6.07) is 15.2. The van der Waals surface area contributed by atoms with Gasteiger partial charge in [-0.05, 0) is 29.3 Å². The molecule has 2 aromatic rings. The minimum Gasteiger partial charge on any atom is -0.352 e. The third kappa shape index (κ3) is 6.65. The molecule has 0 unspecified atom stereocenters. The van der Waals surface area contributed by atoms with E-state index in [2.05, 4.69) is 21.2 Å². The molecule has 0 aliphatic carbocycles. The number of carbonyl (C=O) groups is 2. The van der Waals surface area contributed by atoms with E-state index in [0.29, 0.717) is 0 Å². The van der Waals surface area contributed by atoms with Crippen LogP contribution in [0.15, 0.2) is 64.5 Å². The Kier molecular flexibility index (Phi) is 8.05. The lowest BCUT2D eigenvalue weighted by molar-refractivity contribution is -0.132. The first-order valence-electron chi connectivity index (χ1n) is 10.1. The highest BCUT2D eigenvalue weighted by Crippen LogP contribution is 2.22. The molecule has 1 fully saturated rings. The van der Waals surface area contributed by atoms with Gasteiger partial charge in [-0.25, -0.2) is 13.2 Å². The molecular formula is C22H25BrN4O4S. The number of nitrogens with zero attached hydrogens (tertiary/aromatic N) is 2. The lowest BCUT2D eigenvalue weighted by atomic mass is 10.0. The Balaban J connectivity index is 1.60. The Morgan fingerprint density at radius 3 is 2.38 bits per heavy atom. The molecule has 1 heterocycles. The summed E-state index contributed by atoms with van der Waals surface area (Å²) in [5.74, 6) is -0.180. The maximum atomic E-state index is 12.9. The number of amides is 3. The van der Waals surface area contributed by atoms with Crippen LogP contribution in [0.4, 0.5) is 4.79 Å². The van der Waals surface area contributed by atoms with Crippen molar-refractivity contribution in [3.05, 3.63) is 75.6 Å². The molecule has 3 rings (SSSR count). The number of halogens is 1. The molecule has 0 aromatic heterocycles. The van der Waals surface area contributed by atoms with Crippen molar-refractivity contribution in [1.82, 2.24) is 14.5 Å². The van der Waals surface area contributed by atoms with Crippen molar-refractivity contribution in [2.24, 2.45) is 5.73 Å². The van der Waals surface area contributed by atoms with Crippen molar-refractivity contribution in [1.29, 1.82) is 0 Å². The van der Waals surface area contributed by atoms with E-state index in [1.807, 2.05) is 54.6 Å². The van der Waals surface area contributed by atoms with Gasteiger partial charge in [-0.1, -0.05) is 58.4 Å². The molecule has 32 heavy (non-hydrogen) atoms. The highest BCUT2D eigenvalue weighted by Gasteiger charge is 2.29. The highest BCUT2D eigenvalue weighted by atomic mass is 79.9. The van der Waals surface area contributed by atoms with Crippen LogP contribution in [0.3, 0.4) is 0 Å². The van der Waals surface area contributed by atoms with Gasteiger partial charge in [0.25, 0.3) is 0 Å². The fraction of sp³-hybridized carbons (Fsp3) is 0.273. The number of benzene rings is 2. The summed E-state index contributed by atoms with van der Waals surface area (Å²) in [5.41, 5.74) is 6.84. The van der Waals surface area contributed by atoms with Crippen LogP contribution in [0, 0.1) is 0 Å². The first-order valence-corrected chi connectivity index (χ1v) is 12.4. The standard InChI is InChI=1S/C22H25BrN4O4S/c23-19-8-4-7-18(15-19)20(25-22(24)29)16-21(28)26-10-12-27(13-11-26)32(30,31)14-9-17-5-2-1-3-6-17/h1-9,14-15,20H,10-13,16H2,(H3,24,25,29)/b14-9+/t20-/m1/s1. The van der Waals surface area contributed by atoms with E-state index in [0.717, 1.165) is 15.6 Å². The van der Waals surface area contributed by atoms with Crippen molar-refractivity contribution in [2.75, 3.05) is 26.2 Å². The quantitative estimate of drug-likeness (QED) is 0.584. The molecular weight excluding hydrogens is 496 g/mol. The van der Waals surface area contributed by atoms with Gasteiger partial charge in [0.05, 0.1) is 12.5 Å². The summed E-state index contributed by atoms with van der Waals surface area (Å²) in [4.78, 5) is 25.9. The van der Waals surface area contributed by atoms with Crippen molar-refractivity contribution in [3.8, 4) is 0 Å². The lowest BCUT2D eigenvalue weighted by Crippen LogP contribution is -2.50. The van der Waals surface area contributed by atoms with E-state index in [1.165, 1.54) is 9.71 Å². The average molecular weight is 521 g/mol. The molecule has 2 aromatic carbocycles. The molecule has 0 radical (unpaired) electrons. The zero-order valence-electron chi connectivity index (χ0n) is 17.4. The van der Waals surface area contributed by atoms with Gasteiger partial charge in [0.15, 0.2) is 0 Å². The van der Waals surface area contributed by atoms with Crippen LogP contribution in [0.25, 0.3) is 6.08 Å². The van der Waals surface area contributed by atoms with Crippen LogP contribution in [-0.4, -0.2) is 55.7 Å². The number of nitrogens with one attached hydrogen (secondary N) is 1. The predicted molar refractivity (Wildman–Crippen MR) is 127 cm³/mol. The molecule has 0 saturated carbocycles. The van der Waals surface area contributed by atoms with E-state index in [-0.39, 0.29) is 38.5 Å². The second kappa shape index (κ2) is 10.8. The zero-order valence-corrected chi connectivity index (χ0v) is 19.8. The molecule has 1 atom stereocenters. The Labute approximate surface area is 196 Å². The molecule has 1 saturated heterocycles. The number of carbonyl (C=O) groups excluding carboxylic acids is 2. The maximum Gasteiger partial charge on any atom is 0.312 e. The van der Waals surface area contributed by atoms with Gasteiger partial charge < -0.3 is 16.0 Å². The van der Waals surface area contributed by atoms with Gasteiger partial charge in [0, 0.05) is 36.1 Å². The smallest absolute Gasteiger partial charge is 0.312 e. The normalized spacial score (nSPS) is 16.1. The lowest BCUT2D eigenvalue weighted by Gasteiger charge is -2.34. The molecule has 170 valence electrons. The van der Waals surface area contributed by atoms with Crippen molar-refractivity contribution in [2.45, 2.75) is 12.5 Å².